The van der Waals surface area contributed by atoms with Crippen LogP contribution in [0.4, 0.5) is 5.69 Å². The smallest absolute Gasteiger partial charge is 0.337 e. The van der Waals surface area contributed by atoms with Crippen molar-refractivity contribution in [2.45, 2.75) is 26.2 Å². The lowest BCUT2D eigenvalue weighted by Crippen LogP contribution is -2.17. The second kappa shape index (κ2) is 6.83. The van der Waals surface area contributed by atoms with E-state index in [1.54, 1.807) is 18.2 Å². The molecule has 1 heterocycles. The number of nitrogens with zero attached hydrogens (tertiary/aromatic N) is 1. The van der Waals surface area contributed by atoms with E-state index in [9.17, 15) is 9.59 Å². The zero-order valence-electron chi connectivity index (χ0n) is 15.3. The van der Waals surface area contributed by atoms with Gasteiger partial charge in [0.05, 0.1) is 23.8 Å². The lowest BCUT2D eigenvalue weighted by Gasteiger charge is -2.14. The second-order valence-electron chi connectivity index (χ2n) is 6.76. The van der Waals surface area contributed by atoms with Crippen LogP contribution in [0.2, 0.25) is 0 Å². The molecule has 136 valence electrons. The van der Waals surface area contributed by atoms with Crippen molar-refractivity contribution in [3.05, 3.63) is 70.4 Å². The van der Waals surface area contributed by atoms with Crippen molar-refractivity contribution in [3.8, 4) is 0 Å². The minimum atomic E-state index is -0.430. The van der Waals surface area contributed by atoms with Gasteiger partial charge in [-0.25, -0.2) is 4.79 Å². The third-order valence-corrected chi connectivity index (χ3v) is 5.05. The van der Waals surface area contributed by atoms with Crippen molar-refractivity contribution in [1.29, 1.82) is 0 Å². The maximum atomic E-state index is 13.2. The van der Waals surface area contributed by atoms with Crippen LogP contribution in [0, 0.1) is 6.92 Å². The Morgan fingerprint density at radius 3 is 2.74 bits per heavy atom. The molecule has 0 bridgehead atoms. The van der Waals surface area contributed by atoms with Gasteiger partial charge in [0.15, 0.2) is 0 Å². The molecule has 1 N–H and O–H groups in total. The third kappa shape index (κ3) is 3.05. The number of benzene rings is 2. The maximum absolute atomic E-state index is 13.2. The maximum Gasteiger partial charge on any atom is 0.337 e. The number of carbonyl (C=O) groups excluding carboxylic acids is 2. The molecule has 0 saturated heterocycles. The number of fused-ring (bicyclic) bond motifs is 2. The Morgan fingerprint density at radius 1 is 1.11 bits per heavy atom. The number of amides is 1. The number of pyridine rings is 1. The first-order valence-electron chi connectivity index (χ1n) is 8.99. The lowest BCUT2D eigenvalue weighted by molar-refractivity contribution is 0.0600. The fourth-order valence-corrected chi connectivity index (χ4v) is 3.66. The van der Waals surface area contributed by atoms with Crippen LogP contribution in [0.15, 0.2) is 42.5 Å². The summed E-state index contributed by atoms with van der Waals surface area (Å²) in [5, 5.41) is 3.85. The Labute approximate surface area is 157 Å². The van der Waals surface area contributed by atoms with Gasteiger partial charge >= 0.3 is 5.97 Å². The molecule has 1 aliphatic rings. The first kappa shape index (κ1) is 17.2. The quantitative estimate of drug-likeness (QED) is 0.715. The minimum Gasteiger partial charge on any atom is -0.465 e. The summed E-state index contributed by atoms with van der Waals surface area (Å²) in [4.78, 5) is 29.8. The molecule has 2 aromatic carbocycles. The van der Waals surface area contributed by atoms with E-state index < -0.39 is 5.97 Å². The predicted octanol–water partition coefficient (Wildman–Crippen LogP) is 4.07. The van der Waals surface area contributed by atoms with E-state index in [-0.39, 0.29) is 5.91 Å². The molecule has 0 fully saturated rings. The van der Waals surface area contributed by atoms with Crippen LogP contribution >= 0.6 is 0 Å². The van der Waals surface area contributed by atoms with E-state index >= 15 is 0 Å². The summed E-state index contributed by atoms with van der Waals surface area (Å²) in [6, 6.07) is 12.9. The Hall–Kier alpha value is -3.21. The highest BCUT2D eigenvalue weighted by atomic mass is 16.5. The molecule has 5 heteroatoms. The van der Waals surface area contributed by atoms with Crippen LogP contribution in [0.1, 0.15) is 44.0 Å². The van der Waals surface area contributed by atoms with Gasteiger partial charge < -0.3 is 10.1 Å². The summed E-state index contributed by atoms with van der Waals surface area (Å²) in [6.45, 7) is 1.89. The Balaban J connectivity index is 1.78. The molecule has 0 spiro atoms. The van der Waals surface area contributed by atoms with Gasteiger partial charge in [-0.1, -0.05) is 24.3 Å². The molecule has 0 saturated carbocycles. The molecule has 3 aromatic rings. The zero-order valence-corrected chi connectivity index (χ0v) is 15.3. The number of nitrogens with one attached hydrogen (secondary N) is 1. The highest BCUT2D eigenvalue weighted by Gasteiger charge is 2.24. The number of hydrogen-bond acceptors (Lipinski definition) is 4. The summed E-state index contributed by atoms with van der Waals surface area (Å²) in [7, 11) is 1.34. The van der Waals surface area contributed by atoms with Gasteiger partial charge in [-0.15, -0.1) is 0 Å². The van der Waals surface area contributed by atoms with E-state index in [2.05, 4.69) is 5.32 Å². The molecular formula is C22H20N2O3. The number of rotatable bonds is 3. The summed E-state index contributed by atoms with van der Waals surface area (Å²) in [5.41, 5.74) is 5.47. The second-order valence-corrected chi connectivity index (χ2v) is 6.76. The Kier molecular flexibility index (Phi) is 4.36. The van der Waals surface area contributed by atoms with Crippen molar-refractivity contribution in [2.75, 3.05) is 12.4 Å². The van der Waals surface area contributed by atoms with Gasteiger partial charge in [-0.2, -0.15) is 0 Å². The summed E-state index contributed by atoms with van der Waals surface area (Å²) < 4.78 is 4.78. The molecule has 1 amide bonds. The predicted molar refractivity (Wildman–Crippen MR) is 104 cm³/mol. The van der Waals surface area contributed by atoms with Gasteiger partial charge in [-0.3, -0.25) is 9.78 Å². The average molecular weight is 360 g/mol. The normalized spacial score (nSPS) is 12.7. The number of hydrogen-bond donors (Lipinski definition) is 1. The van der Waals surface area contributed by atoms with E-state index in [1.165, 1.54) is 7.11 Å². The van der Waals surface area contributed by atoms with Crippen molar-refractivity contribution >= 4 is 28.5 Å². The van der Waals surface area contributed by atoms with E-state index in [1.807, 2.05) is 31.2 Å². The van der Waals surface area contributed by atoms with Crippen molar-refractivity contribution in [1.82, 2.24) is 4.98 Å². The molecule has 0 unspecified atom stereocenters. The van der Waals surface area contributed by atoms with Gasteiger partial charge in [0.2, 0.25) is 0 Å². The molecule has 0 atom stereocenters. The fraction of sp³-hybridized carbons (Fsp3) is 0.227. The van der Waals surface area contributed by atoms with E-state index in [0.717, 1.165) is 47.0 Å². The zero-order chi connectivity index (χ0) is 19.0. The van der Waals surface area contributed by atoms with Gasteiger partial charge in [0.25, 0.3) is 5.91 Å². The molecule has 1 aliphatic carbocycles. The van der Waals surface area contributed by atoms with Gasteiger partial charge in [0, 0.05) is 16.8 Å². The molecule has 1 aromatic heterocycles. The van der Waals surface area contributed by atoms with Crippen LogP contribution in [0.25, 0.3) is 10.9 Å². The third-order valence-electron chi connectivity index (χ3n) is 5.05. The molecular weight excluding hydrogens is 340 g/mol. The highest BCUT2D eigenvalue weighted by molar-refractivity contribution is 6.14. The number of esters is 1. The Morgan fingerprint density at radius 2 is 1.93 bits per heavy atom. The highest BCUT2D eigenvalue weighted by Crippen LogP contribution is 2.31. The topological polar surface area (TPSA) is 68.3 Å². The standard InChI is InChI=1S/C22H20N2O3/c1-13-10-11-14(22(26)27-2)12-19(13)24-21(25)20-15-6-3-4-8-17(15)23-18-9-5-7-16(18)20/h3-4,6,8,10-12H,5,7,9H2,1-2H3,(H,24,25). The van der Waals surface area contributed by atoms with E-state index in [0.29, 0.717) is 16.8 Å². The molecule has 0 aliphatic heterocycles. The van der Waals surface area contributed by atoms with Crippen LogP contribution in [-0.2, 0) is 17.6 Å². The number of aryl methyl sites for hydroxylation is 2. The summed E-state index contributed by atoms with van der Waals surface area (Å²) in [5.74, 6) is -0.599. The number of carbonyl (C=O) groups is 2. The first-order chi connectivity index (χ1) is 13.1. The number of para-hydroxylation sites is 1. The average Bonchev–Trinajstić information content (AvgIpc) is 3.14. The number of anilines is 1. The van der Waals surface area contributed by atoms with Crippen molar-refractivity contribution in [2.24, 2.45) is 0 Å². The van der Waals surface area contributed by atoms with Gasteiger partial charge in [0.1, 0.15) is 0 Å². The number of methoxy groups -OCH3 is 1. The largest absolute Gasteiger partial charge is 0.465 e. The summed E-state index contributed by atoms with van der Waals surface area (Å²) in [6.07, 6.45) is 2.77. The van der Waals surface area contributed by atoms with Crippen molar-refractivity contribution < 1.29 is 14.3 Å². The van der Waals surface area contributed by atoms with Crippen LogP contribution in [0.5, 0.6) is 0 Å². The van der Waals surface area contributed by atoms with Crippen LogP contribution in [-0.4, -0.2) is 24.0 Å². The minimum absolute atomic E-state index is 0.170. The lowest BCUT2D eigenvalue weighted by atomic mass is 10.00. The number of ether oxygens (including phenoxy) is 1. The Bertz CT molecular complexity index is 1070. The monoisotopic (exact) mass is 360 g/mol. The number of aromatic nitrogens is 1. The van der Waals surface area contributed by atoms with Gasteiger partial charge in [-0.05, 0) is 55.5 Å². The molecule has 5 nitrogen and oxygen atoms in total. The first-order valence-corrected chi connectivity index (χ1v) is 8.99. The molecule has 4 rings (SSSR count). The fourth-order valence-electron chi connectivity index (χ4n) is 3.66. The molecule has 27 heavy (non-hydrogen) atoms. The summed E-state index contributed by atoms with van der Waals surface area (Å²) >= 11 is 0. The SMILES string of the molecule is COC(=O)c1ccc(C)c(NC(=O)c2c3c(nc4ccccc24)CCC3)c1. The van der Waals surface area contributed by atoms with E-state index in [4.69, 9.17) is 9.72 Å². The van der Waals surface area contributed by atoms with Crippen LogP contribution < -0.4 is 5.32 Å². The van der Waals surface area contributed by atoms with Crippen LogP contribution in [0.3, 0.4) is 0 Å². The molecule has 0 radical (unpaired) electrons. The van der Waals surface area contributed by atoms with Crippen molar-refractivity contribution in [3.63, 3.8) is 0 Å².